The van der Waals surface area contributed by atoms with E-state index in [-0.39, 0.29) is 18.4 Å². The molecular formula is C28H29N3O3. The number of rotatable bonds is 8. The zero-order valence-corrected chi connectivity index (χ0v) is 19.3. The Balaban J connectivity index is 1.37. The fourth-order valence-electron chi connectivity index (χ4n) is 4.61. The van der Waals surface area contributed by atoms with Gasteiger partial charge in [-0.3, -0.25) is 4.79 Å². The number of benzene rings is 3. The van der Waals surface area contributed by atoms with E-state index in [1.54, 1.807) is 0 Å². The minimum absolute atomic E-state index is 0.0482. The van der Waals surface area contributed by atoms with E-state index < -0.39 is 6.10 Å². The van der Waals surface area contributed by atoms with Crippen LogP contribution in [0.1, 0.15) is 30.7 Å². The molecule has 0 aliphatic carbocycles. The van der Waals surface area contributed by atoms with Crippen LogP contribution in [0.3, 0.4) is 0 Å². The van der Waals surface area contributed by atoms with Crippen molar-refractivity contribution in [3.8, 4) is 5.75 Å². The van der Waals surface area contributed by atoms with Crippen molar-refractivity contribution in [1.29, 1.82) is 0 Å². The van der Waals surface area contributed by atoms with E-state index in [1.807, 2.05) is 71.6 Å². The van der Waals surface area contributed by atoms with Crippen LogP contribution in [0, 0.1) is 0 Å². The van der Waals surface area contributed by atoms with Crippen molar-refractivity contribution >= 4 is 22.6 Å². The Bertz CT molecular complexity index is 1270. The van der Waals surface area contributed by atoms with Gasteiger partial charge in [0, 0.05) is 24.6 Å². The number of carbonyl (C=O) groups is 1. The molecular weight excluding hydrogens is 426 g/mol. The third kappa shape index (κ3) is 4.54. The van der Waals surface area contributed by atoms with Crippen LogP contribution in [0.15, 0.2) is 78.9 Å². The highest BCUT2D eigenvalue weighted by Gasteiger charge is 2.35. The molecule has 1 aliphatic heterocycles. The van der Waals surface area contributed by atoms with Gasteiger partial charge in [-0.05, 0) is 48.4 Å². The average Bonchev–Trinajstić information content (AvgIpc) is 3.44. The number of aromatic nitrogens is 2. The van der Waals surface area contributed by atoms with Crippen LogP contribution in [0.25, 0.3) is 11.0 Å². The third-order valence-corrected chi connectivity index (χ3v) is 6.41. The SMILES string of the molecule is CCc1ccc(N2C[C@H](c3nc4ccccc4n3C[C@H](O)COc3ccccc3)CC2=O)cc1. The number of imidazole rings is 1. The van der Waals surface area contributed by atoms with Crippen molar-refractivity contribution in [2.75, 3.05) is 18.1 Å². The number of anilines is 1. The lowest BCUT2D eigenvalue weighted by Crippen LogP contribution is -2.26. The van der Waals surface area contributed by atoms with Crippen molar-refractivity contribution < 1.29 is 14.6 Å². The maximum absolute atomic E-state index is 12.9. The van der Waals surface area contributed by atoms with Crippen molar-refractivity contribution in [2.24, 2.45) is 0 Å². The predicted octanol–water partition coefficient (Wildman–Crippen LogP) is 4.56. The molecule has 2 atom stereocenters. The highest BCUT2D eigenvalue weighted by Crippen LogP contribution is 2.33. The van der Waals surface area contributed by atoms with Gasteiger partial charge in [-0.25, -0.2) is 4.98 Å². The van der Waals surface area contributed by atoms with Crippen LogP contribution in [0.5, 0.6) is 5.75 Å². The van der Waals surface area contributed by atoms with Gasteiger partial charge < -0.3 is 19.3 Å². The average molecular weight is 456 g/mol. The quantitative estimate of drug-likeness (QED) is 0.423. The van der Waals surface area contributed by atoms with Gasteiger partial charge in [0.25, 0.3) is 0 Å². The molecule has 1 saturated heterocycles. The smallest absolute Gasteiger partial charge is 0.227 e. The molecule has 1 aliphatic rings. The molecule has 2 heterocycles. The molecule has 4 aromatic rings. The minimum Gasteiger partial charge on any atom is -0.491 e. The number of aliphatic hydroxyl groups excluding tert-OH is 1. The van der Waals surface area contributed by atoms with Gasteiger partial charge in [0.15, 0.2) is 0 Å². The van der Waals surface area contributed by atoms with E-state index in [9.17, 15) is 9.90 Å². The van der Waals surface area contributed by atoms with Gasteiger partial charge in [-0.1, -0.05) is 49.4 Å². The number of ether oxygens (including phenoxy) is 1. The van der Waals surface area contributed by atoms with Gasteiger partial charge in [0.05, 0.1) is 17.6 Å². The summed E-state index contributed by atoms with van der Waals surface area (Å²) in [5.41, 5.74) is 3.99. The van der Waals surface area contributed by atoms with E-state index in [0.29, 0.717) is 19.5 Å². The van der Waals surface area contributed by atoms with E-state index in [4.69, 9.17) is 9.72 Å². The van der Waals surface area contributed by atoms with E-state index in [1.165, 1.54) is 5.56 Å². The first kappa shape index (κ1) is 22.2. The molecule has 0 bridgehead atoms. The summed E-state index contributed by atoms with van der Waals surface area (Å²) in [5, 5.41) is 10.8. The van der Waals surface area contributed by atoms with Crippen LogP contribution < -0.4 is 9.64 Å². The molecule has 0 unspecified atom stereocenters. The number of para-hydroxylation sites is 3. The lowest BCUT2D eigenvalue weighted by molar-refractivity contribution is -0.117. The van der Waals surface area contributed by atoms with Crippen LogP contribution in [0.4, 0.5) is 5.69 Å². The number of hydrogen-bond donors (Lipinski definition) is 1. The topological polar surface area (TPSA) is 67.6 Å². The van der Waals surface area contributed by atoms with Gasteiger partial charge in [-0.15, -0.1) is 0 Å². The molecule has 0 radical (unpaired) electrons. The Morgan fingerprint density at radius 3 is 2.53 bits per heavy atom. The molecule has 6 nitrogen and oxygen atoms in total. The van der Waals surface area contributed by atoms with Crippen molar-refractivity contribution in [1.82, 2.24) is 9.55 Å². The second kappa shape index (κ2) is 9.69. The summed E-state index contributed by atoms with van der Waals surface area (Å²) in [6.07, 6.45) is 0.651. The summed E-state index contributed by atoms with van der Waals surface area (Å²) in [6.45, 7) is 3.22. The van der Waals surface area contributed by atoms with Gasteiger partial charge in [0.1, 0.15) is 24.3 Å². The van der Waals surface area contributed by atoms with Crippen molar-refractivity contribution in [3.05, 3.63) is 90.3 Å². The summed E-state index contributed by atoms with van der Waals surface area (Å²) in [4.78, 5) is 19.7. The van der Waals surface area contributed by atoms with Crippen molar-refractivity contribution in [2.45, 2.75) is 38.3 Å². The van der Waals surface area contributed by atoms with E-state index >= 15 is 0 Å². The fraction of sp³-hybridized carbons (Fsp3) is 0.286. The number of hydrogen-bond acceptors (Lipinski definition) is 4. The van der Waals surface area contributed by atoms with Crippen LogP contribution in [-0.4, -0.2) is 39.8 Å². The number of aryl methyl sites for hydroxylation is 1. The number of fused-ring (bicyclic) bond motifs is 1. The van der Waals surface area contributed by atoms with Crippen LogP contribution >= 0.6 is 0 Å². The summed E-state index contributed by atoms with van der Waals surface area (Å²) < 4.78 is 7.81. The lowest BCUT2D eigenvalue weighted by Gasteiger charge is -2.19. The Labute approximate surface area is 199 Å². The van der Waals surface area contributed by atoms with E-state index in [0.717, 1.165) is 34.7 Å². The predicted molar refractivity (Wildman–Crippen MR) is 133 cm³/mol. The molecule has 1 fully saturated rings. The monoisotopic (exact) mass is 455 g/mol. The fourth-order valence-corrected chi connectivity index (χ4v) is 4.61. The lowest BCUT2D eigenvalue weighted by atomic mass is 10.1. The largest absolute Gasteiger partial charge is 0.491 e. The summed E-state index contributed by atoms with van der Waals surface area (Å²) in [5.74, 6) is 1.61. The molecule has 6 heteroatoms. The maximum atomic E-state index is 12.9. The number of carbonyl (C=O) groups excluding carboxylic acids is 1. The second-order valence-corrected chi connectivity index (χ2v) is 8.77. The third-order valence-electron chi connectivity index (χ3n) is 6.41. The molecule has 1 N–H and O–H groups in total. The molecule has 1 aromatic heterocycles. The first-order chi connectivity index (χ1) is 16.6. The number of aliphatic hydroxyl groups is 1. The van der Waals surface area contributed by atoms with Gasteiger partial charge >= 0.3 is 0 Å². The normalized spacial score (nSPS) is 16.8. The highest BCUT2D eigenvalue weighted by molar-refractivity contribution is 5.96. The van der Waals surface area contributed by atoms with Crippen LogP contribution in [0.2, 0.25) is 0 Å². The highest BCUT2D eigenvalue weighted by atomic mass is 16.5. The Morgan fingerprint density at radius 1 is 1.03 bits per heavy atom. The molecule has 174 valence electrons. The number of amides is 1. The first-order valence-corrected chi connectivity index (χ1v) is 11.8. The molecule has 0 spiro atoms. The molecule has 0 saturated carbocycles. The summed E-state index contributed by atoms with van der Waals surface area (Å²) >= 11 is 0. The molecule has 5 rings (SSSR count). The summed E-state index contributed by atoms with van der Waals surface area (Å²) in [7, 11) is 0. The number of nitrogens with zero attached hydrogens (tertiary/aromatic N) is 3. The Hall–Kier alpha value is -3.64. The first-order valence-electron chi connectivity index (χ1n) is 11.8. The van der Waals surface area contributed by atoms with E-state index in [2.05, 4.69) is 23.6 Å². The zero-order valence-electron chi connectivity index (χ0n) is 19.3. The molecule has 34 heavy (non-hydrogen) atoms. The Kier molecular flexibility index (Phi) is 6.32. The Morgan fingerprint density at radius 2 is 1.76 bits per heavy atom. The minimum atomic E-state index is -0.716. The zero-order chi connectivity index (χ0) is 23.5. The van der Waals surface area contributed by atoms with Crippen molar-refractivity contribution in [3.63, 3.8) is 0 Å². The standard InChI is InChI=1S/C28H29N3O3/c1-2-20-12-14-22(15-13-20)30-17-21(16-27(30)33)28-29-25-10-6-7-11-26(25)31(28)18-23(32)19-34-24-8-4-3-5-9-24/h3-15,21,23,32H,2,16-19H2,1H3/t21-,23+/m1/s1. The second-order valence-electron chi connectivity index (χ2n) is 8.77. The molecule has 1 amide bonds. The molecule has 3 aromatic carbocycles. The van der Waals surface area contributed by atoms with Gasteiger partial charge in [-0.2, -0.15) is 0 Å². The summed E-state index contributed by atoms with van der Waals surface area (Å²) in [6, 6.07) is 25.6. The van der Waals surface area contributed by atoms with Gasteiger partial charge in [0.2, 0.25) is 5.91 Å². The maximum Gasteiger partial charge on any atom is 0.227 e. The van der Waals surface area contributed by atoms with Crippen LogP contribution in [-0.2, 0) is 17.8 Å².